The van der Waals surface area contributed by atoms with E-state index >= 15 is 0 Å². The first-order chi connectivity index (χ1) is 5.79. The maximum absolute atomic E-state index is 9.44. The van der Waals surface area contributed by atoms with Crippen molar-refractivity contribution in [1.29, 1.82) is 0 Å². The fraction of sp³-hybridized carbons (Fsp3) is 1.00. The smallest absolute Gasteiger partial charge is 0.427 e. The molecule has 0 aliphatic carbocycles. The van der Waals surface area contributed by atoms with Crippen molar-refractivity contribution in [3.63, 3.8) is 0 Å². The minimum Gasteiger partial charge on any atom is -0.427 e. The minimum absolute atomic E-state index is 0.386. The van der Waals surface area contributed by atoms with E-state index in [4.69, 9.17) is 4.65 Å². The van der Waals surface area contributed by atoms with Crippen LogP contribution >= 0.6 is 0 Å². The minimum atomic E-state index is -0.489. The monoisotopic (exact) mass is 170 g/mol. The zero-order valence-electron chi connectivity index (χ0n) is 8.12. The predicted molar refractivity (Wildman–Crippen MR) is 51.0 cm³/mol. The van der Waals surface area contributed by atoms with Crippen molar-refractivity contribution in [1.82, 2.24) is 0 Å². The van der Waals surface area contributed by atoms with E-state index in [1.807, 2.05) is 0 Å². The van der Waals surface area contributed by atoms with Crippen LogP contribution in [0, 0.1) is 5.92 Å². The lowest BCUT2D eigenvalue weighted by Crippen LogP contribution is -2.18. The Bertz CT molecular complexity index is 130. The van der Waals surface area contributed by atoms with Crippen LogP contribution in [0.1, 0.15) is 39.5 Å². The third-order valence-corrected chi connectivity index (χ3v) is 2.85. The van der Waals surface area contributed by atoms with Crippen molar-refractivity contribution in [3.05, 3.63) is 0 Å². The molecule has 12 heavy (non-hydrogen) atoms. The molecule has 1 saturated heterocycles. The molecule has 0 aromatic heterocycles. The molecule has 1 aliphatic rings. The fourth-order valence-electron chi connectivity index (χ4n) is 2.00. The van der Waals surface area contributed by atoms with Gasteiger partial charge in [0.25, 0.3) is 0 Å². The molecule has 0 radical (unpaired) electrons. The predicted octanol–water partition coefficient (Wildman–Crippen LogP) is 2.08. The van der Waals surface area contributed by atoms with Crippen molar-refractivity contribution in [3.8, 4) is 0 Å². The van der Waals surface area contributed by atoms with Crippen molar-refractivity contribution >= 4 is 7.12 Å². The Hall–Kier alpha value is -0.0151. The second-order valence-electron chi connectivity index (χ2n) is 3.70. The van der Waals surface area contributed by atoms with Crippen LogP contribution in [0.4, 0.5) is 0 Å². The molecule has 2 atom stereocenters. The van der Waals surface area contributed by atoms with Crippen LogP contribution in [0.5, 0.6) is 0 Å². The highest BCUT2D eigenvalue weighted by Gasteiger charge is 2.38. The van der Waals surface area contributed by atoms with Crippen LogP contribution in [0.15, 0.2) is 0 Å². The Kier molecular flexibility index (Phi) is 4.09. The SMILES string of the molecule is CCCCC1COB(O)C1CC. The number of hydrogen-bond donors (Lipinski definition) is 1. The molecule has 1 fully saturated rings. The molecule has 70 valence electrons. The van der Waals surface area contributed by atoms with E-state index in [-0.39, 0.29) is 0 Å². The maximum atomic E-state index is 9.44. The van der Waals surface area contributed by atoms with Crippen LogP contribution in [0.3, 0.4) is 0 Å². The fourth-order valence-corrected chi connectivity index (χ4v) is 2.00. The van der Waals surface area contributed by atoms with Gasteiger partial charge in [-0.25, -0.2) is 0 Å². The Balaban J connectivity index is 2.32. The molecule has 1 N–H and O–H groups in total. The molecular weight excluding hydrogens is 151 g/mol. The molecule has 2 unspecified atom stereocenters. The molecule has 0 aromatic rings. The summed E-state index contributed by atoms with van der Waals surface area (Å²) in [6, 6.07) is 0. The Morgan fingerprint density at radius 1 is 1.50 bits per heavy atom. The van der Waals surface area contributed by atoms with Gasteiger partial charge < -0.3 is 9.68 Å². The highest BCUT2D eigenvalue weighted by Crippen LogP contribution is 2.35. The first-order valence-electron chi connectivity index (χ1n) is 5.09. The standard InChI is InChI=1S/C9H19BO2/c1-3-5-6-8-7-12-10(11)9(8)4-2/h8-9,11H,3-7H2,1-2H3. The van der Waals surface area contributed by atoms with E-state index in [2.05, 4.69) is 13.8 Å². The number of hydrogen-bond acceptors (Lipinski definition) is 2. The van der Waals surface area contributed by atoms with Gasteiger partial charge >= 0.3 is 7.12 Å². The average molecular weight is 170 g/mol. The van der Waals surface area contributed by atoms with Crippen LogP contribution in [0.25, 0.3) is 0 Å². The topological polar surface area (TPSA) is 29.5 Å². The lowest BCUT2D eigenvalue weighted by atomic mass is 9.66. The van der Waals surface area contributed by atoms with Gasteiger partial charge in [-0.3, -0.25) is 0 Å². The molecular formula is C9H19BO2. The third kappa shape index (κ3) is 2.24. The Morgan fingerprint density at radius 3 is 2.83 bits per heavy atom. The van der Waals surface area contributed by atoms with Crippen LogP contribution < -0.4 is 0 Å². The van der Waals surface area contributed by atoms with E-state index in [0.717, 1.165) is 13.0 Å². The van der Waals surface area contributed by atoms with Gasteiger partial charge in [-0.2, -0.15) is 0 Å². The molecule has 3 heteroatoms. The molecule has 1 heterocycles. The van der Waals surface area contributed by atoms with Gasteiger partial charge in [0.1, 0.15) is 0 Å². The van der Waals surface area contributed by atoms with Gasteiger partial charge in [-0.1, -0.05) is 33.1 Å². The second-order valence-corrected chi connectivity index (χ2v) is 3.70. The Morgan fingerprint density at radius 2 is 2.25 bits per heavy atom. The lowest BCUT2D eigenvalue weighted by Gasteiger charge is -2.15. The first kappa shape index (κ1) is 10.1. The molecule has 0 aromatic carbocycles. The van der Waals surface area contributed by atoms with Gasteiger partial charge in [0, 0.05) is 6.61 Å². The highest BCUT2D eigenvalue weighted by atomic mass is 16.5. The van der Waals surface area contributed by atoms with Crippen molar-refractivity contribution in [2.75, 3.05) is 6.61 Å². The highest BCUT2D eigenvalue weighted by molar-refractivity contribution is 6.45. The Labute approximate surface area is 75.5 Å². The quantitative estimate of drug-likeness (QED) is 0.654. The largest absolute Gasteiger partial charge is 0.457 e. The van der Waals surface area contributed by atoms with E-state index in [0.29, 0.717) is 11.7 Å². The normalized spacial score (nSPS) is 29.8. The third-order valence-electron chi connectivity index (χ3n) is 2.85. The average Bonchev–Trinajstić information content (AvgIpc) is 2.43. The van der Waals surface area contributed by atoms with Crippen LogP contribution in [0.2, 0.25) is 5.82 Å². The summed E-state index contributed by atoms with van der Waals surface area (Å²) >= 11 is 0. The van der Waals surface area contributed by atoms with E-state index < -0.39 is 7.12 Å². The van der Waals surface area contributed by atoms with E-state index in [1.54, 1.807) is 0 Å². The molecule has 1 rings (SSSR count). The zero-order valence-corrected chi connectivity index (χ0v) is 8.12. The summed E-state index contributed by atoms with van der Waals surface area (Å²) in [7, 11) is -0.489. The van der Waals surface area contributed by atoms with Gasteiger partial charge in [-0.15, -0.1) is 0 Å². The van der Waals surface area contributed by atoms with Crippen LogP contribution in [-0.4, -0.2) is 18.7 Å². The first-order valence-corrected chi connectivity index (χ1v) is 5.09. The summed E-state index contributed by atoms with van der Waals surface area (Å²) in [5.74, 6) is 0.987. The van der Waals surface area contributed by atoms with Gasteiger partial charge in [0.2, 0.25) is 0 Å². The lowest BCUT2D eigenvalue weighted by molar-refractivity contribution is 0.266. The molecule has 0 spiro atoms. The molecule has 0 bridgehead atoms. The molecule has 0 saturated carbocycles. The van der Waals surface area contributed by atoms with Crippen LogP contribution in [-0.2, 0) is 4.65 Å². The summed E-state index contributed by atoms with van der Waals surface area (Å²) in [6.45, 7) is 5.09. The summed E-state index contributed by atoms with van der Waals surface area (Å²) in [4.78, 5) is 0. The van der Waals surface area contributed by atoms with Gasteiger partial charge in [0.15, 0.2) is 0 Å². The summed E-state index contributed by atoms with van der Waals surface area (Å²) < 4.78 is 5.22. The van der Waals surface area contributed by atoms with Crippen molar-refractivity contribution < 1.29 is 9.68 Å². The maximum Gasteiger partial charge on any atom is 0.457 e. The molecule has 1 aliphatic heterocycles. The van der Waals surface area contributed by atoms with Gasteiger partial charge in [-0.05, 0) is 18.2 Å². The van der Waals surface area contributed by atoms with Gasteiger partial charge in [0.05, 0.1) is 0 Å². The zero-order chi connectivity index (χ0) is 8.97. The number of rotatable bonds is 4. The van der Waals surface area contributed by atoms with Crippen molar-refractivity contribution in [2.45, 2.75) is 45.3 Å². The second kappa shape index (κ2) is 4.88. The van der Waals surface area contributed by atoms with E-state index in [9.17, 15) is 5.02 Å². The molecule has 0 amide bonds. The summed E-state index contributed by atoms with van der Waals surface area (Å²) in [6.07, 6.45) is 4.75. The number of unbranched alkanes of at least 4 members (excludes halogenated alkanes) is 1. The summed E-state index contributed by atoms with van der Waals surface area (Å²) in [5.41, 5.74) is 0. The summed E-state index contributed by atoms with van der Waals surface area (Å²) in [5, 5.41) is 9.44. The molecule has 2 nitrogen and oxygen atoms in total. The van der Waals surface area contributed by atoms with Crippen molar-refractivity contribution in [2.24, 2.45) is 5.92 Å². The van der Waals surface area contributed by atoms with E-state index in [1.165, 1.54) is 19.3 Å².